The van der Waals surface area contributed by atoms with E-state index in [4.69, 9.17) is 9.72 Å². The number of allylic oxidation sites excluding steroid dienone is 1. The number of ether oxygens (including phenoxy) is 1. The Kier molecular flexibility index (Phi) is 7.97. The lowest BCUT2D eigenvalue weighted by atomic mass is 9.79. The smallest absolute Gasteiger partial charge is 0.374 e. The Bertz CT molecular complexity index is 1390. The average Bonchev–Trinajstić information content (AvgIpc) is 3.31. The van der Waals surface area contributed by atoms with Gasteiger partial charge in [-0.3, -0.25) is 0 Å². The van der Waals surface area contributed by atoms with Crippen molar-refractivity contribution in [2.75, 3.05) is 30.0 Å². The summed E-state index contributed by atoms with van der Waals surface area (Å²) in [5.74, 6) is 1.65. The number of rotatable bonds is 9. The molecule has 1 saturated heterocycles. The minimum absolute atomic E-state index is 0.00289. The monoisotopic (exact) mass is 558 g/mol. The first kappa shape index (κ1) is 27.7. The maximum Gasteiger partial charge on any atom is 0.374 e. The fourth-order valence-electron chi connectivity index (χ4n) is 6.78. The normalized spacial score (nSPS) is 24.1. The second kappa shape index (κ2) is 11.8. The van der Waals surface area contributed by atoms with Crippen molar-refractivity contribution in [1.82, 2.24) is 19.5 Å². The zero-order valence-electron chi connectivity index (χ0n) is 24.3. The van der Waals surface area contributed by atoms with Gasteiger partial charge in [0.15, 0.2) is 11.5 Å². The first-order valence-electron chi connectivity index (χ1n) is 15.2. The van der Waals surface area contributed by atoms with Crippen LogP contribution in [-0.2, 0) is 11.3 Å². The van der Waals surface area contributed by atoms with Crippen LogP contribution in [-0.4, -0.2) is 56.4 Å². The number of anilines is 2. The molecule has 9 heteroatoms. The van der Waals surface area contributed by atoms with Crippen LogP contribution in [0.1, 0.15) is 81.0 Å². The lowest BCUT2D eigenvalue weighted by molar-refractivity contribution is 0.0684. The van der Waals surface area contributed by atoms with Crippen molar-refractivity contribution in [3.8, 4) is 0 Å². The summed E-state index contributed by atoms with van der Waals surface area (Å²) < 4.78 is 8.23. The number of benzene rings is 1. The highest BCUT2D eigenvalue weighted by Gasteiger charge is 2.33. The van der Waals surface area contributed by atoms with Crippen LogP contribution in [0.15, 0.2) is 42.5 Å². The number of carbonyl (C=O) groups is 1. The fraction of sp³-hybridized carbons (Fsp3) is 0.562. The number of carboxylic acid groups (broad SMARTS) is 1. The molecule has 3 aliphatic rings. The Balaban J connectivity index is 1.45. The Hall–Kier alpha value is -3.46. The summed E-state index contributed by atoms with van der Waals surface area (Å²) in [6, 6.07) is 10.6. The molecule has 41 heavy (non-hydrogen) atoms. The van der Waals surface area contributed by atoms with Crippen LogP contribution in [0.4, 0.5) is 11.8 Å². The second-order valence-corrected chi connectivity index (χ2v) is 12.3. The molecule has 0 unspecified atom stereocenters. The minimum Gasteiger partial charge on any atom is -0.475 e. The number of imidazole rings is 1. The number of hydrogen-bond donors (Lipinski definition) is 2. The predicted molar refractivity (Wildman–Crippen MR) is 160 cm³/mol. The summed E-state index contributed by atoms with van der Waals surface area (Å²) in [7, 11) is 0. The molecule has 2 aromatic heterocycles. The van der Waals surface area contributed by atoms with Crippen molar-refractivity contribution in [3.63, 3.8) is 0 Å². The summed E-state index contributed by atoms with van der Waals surface area (Å²) in [6.45, 7) is 11.2. The fourth-order valence-corrected chi connectivity index (χ4v) is 6.78. The molecular weight excluding hydrogens is 516 g/mol. The summed E-state index contributed by atoms with van der Waals surface area (Å²) in [6.07, 6.45) is 8.14. The van der Waals surface area contributed by atoms with E-state index in [-0.39, 0.29) is 17.9 Å². The molecule has 2 aliphatic carbocycles. The van der Waals surface area contributed by atoms with Crippen LogP contribution in [0.3, 0.4) is 0 Å². The highest BCUT2D eigenvalue weighted by atomic mass is 16.5. The van der Waals surface area contributed by atoms with Crippen molar-refractivity contribution >= 4 is 28.9 Å². The number of morpholine rings is 1. The van der Waals surface area contributed by atoms with Gasteiger partial charge in [0, 0.05) is 19.1 Å². The Morgan fingerprint density at radius 2 is 1.88 bits per heavy atom. The van der Waals surface area contributed by atoms with Gasteiger partial charge < -0.3 is 24.6 Å². The van der Waals surface area contributed by atoms with E-state index in [0.29, 0.717) is 49.0 Å². The summed E-state index contributed by atoms with van der Waals surface area (Å²) >= 11 is 0. The Labute approximate surface area is 242 Å². The zero-order chi connectivity index (χ0) is 28.5. The average molecular weight is 559 g/mol. The largest absolute Gasteiger partial charge is 0.475 e. The number of nitrogens with one attached hydrogen (secondary N) is 1. The predicted octanol–water partition coefficient (Wildman–Crippen LogP) is 6.09. The van der Waals surface area contributed by atoms with E-state index in [9.17, 15) is 9.90 Å². The van der Waals surface area contributed by atoms with E-state index in [1.807, 2.05) is 6.07 Å². The van der Waals surface area contributed by atoms with Gasteiger partial charge in [-0.1, -0.05) is 48.9 Å². The van der Waals surface area contributed by atoms with Crippen LogP contribution in [0, 0.1) is 17.8 Å². The topological polar surface area (TPSA) is 105 Å². The molecule has 0 bridgehead atoms. The lowest BCUT2D eigenvalue weighted by Gasteiger charge is -2.37. The summed E-state index contributed by atoms with van der Waals surface area (Å²) in [4.78, 5) is 28.5. The summed E-state index contributed by atoms with van der Waals surface area (Å²) in [5, 5.41) is 13.5. The number of aromatic carboxylic acids is 1. The van der Waals surface area contributed by atoms with Gasteiger partial charge in [0.2, 0.25) is 11.8 Å². The van der Waals surface area contributed by atoms with Crippen LogP contribution in [0.5, 0.6) is 0 Å². The third-order valence-electron chi connectivity index (χ3n) is 9.55. The van der Waals surface area contributed by atoms with Crippen molar-refractivity contribution in [1.29, 1.82) is 0 Å². The molecule has 6 rings (SSSR count). The zero-order valence-corrected chi connectivity index (χ0v) is 24.3. The molecule has 3 heterocycles. The van der Waals surface area contributed by atoms with E-state index in [0.717, 1.165) is 43.7 Å². The number of hydrogen-bond acceptors (Lipinski definition) is 7. The van der Waals surface area contributed by atoms with Crippen molar-refractivity contribution < 1.29 is 14.6 Å². The molecule has 0 radical (unpaired) electrons. The Morgan fingerprint density at radius 3 is 2.54 bits per heavy atom. The van der Waals surface area contributed by atoms with Gasteiger partial charge in [0.1, 0.15) is 5.52 Å². The summed E-state index contributed by atoms with van der Waals surface area (Å²) in [5.41, 5.74) is 3.69. The lowest BCUT2D eigenvalue weighted by Crippen LogP contribution is -2.41. The van der Waals surface area contributed by atoms with Crippen LogP contribution >= 0.6 is 0 Å². The highest BCUT2D eigenvalue weighted by Crippen LogP contribution is 2.39. The van der Waals surface area contributed by atoms with Gasteiger partial charge in [-0.2, -0.15) is 4.98 Å². The molecule has 0 spiro atoms. The van der Waals surface area contributed by atoms with Crippen molar-refractivity contribution in [3.05, 3.63) is 53.9 Å². The molecule has 2 N–H and O–H groups in total. The molecule has 3 fully saturated rings. The molecule has 9 nitrogen and oxygen atoms in total. The SMILES string of the molecule is C=C(C)C1CCC(Cn2c(N3CCOC[C@H]3c3ccccc3)nc3nc(C(=O)O)nc(N[C@H](C)C4CCC4)c32)CC1. The molecule has 2 saturated carbocycles. The molecule has 1 aliphatic heterocycles. The molecular formula is C32H42N6O3. The first-order valence-corrected chi connectivity index (χ1v) is 15.2. The maximum atomic E-state index is 12.1. The second-order valence-electron chi connectivity index (χ2n) is 12.3. The molecule has 1 aromatic carbocycles. The van der Waals surface area contributed by atoms with Crippen molar-refractivity contribution in [2.45, 2.75) is 77.4 Å². The van der Waals surface area contributed by atoms with Crippen LogP contribution in [0.25, 0.3) is 11.2 Å². The van der Waals surface area contributed by atoms with E-state index >= 15 is 0 Å². The van der Waals surface area contributed by atoms with Gasteiger partial charge in [0.05, 0.1) is 19.3 Å². The van der Waals surface area contributed by atoms with Gasteiger partial charge in [-0.05, 0) is 75.7 Å². The van der Waals surface area contributed by atoms with Gasteiger partial charge in [-0.25, -0.2) is 14.8 Å². The molecule has 2 atom stereocenters. The van der Waals surface area contributed by atoms with E-state index in [1.54, 1.807) is 0 Å². The Morgan fingerprint density at radius 1 is 1.12 bits per heavy atom. The third-order valence-corrected chi connectivity index (χ3v) is 9.55. The van der Waals surface area contributed by atoms with E-state index in [1.165, 1.54) is 30.4 Å². The number of aromatic nitrogens is 4. The minimum atomic E-state index is -1.14. The number of fused-ring (bicyclic) bond motifs is 1. The van der Waals surface area contributed by atoms with Crippen LogP contribution in [0.2, 0.25) is 0 Å². The quantitative estimate of drug-likeness (QED) is 0.304. The van der Waals surface area contributed by atoms with Crippen LogP contribution < -0.4 is 10.2 Å². The highest BCUT2D eigenvalue weighted by molar-refractivity contribution is 5.91. The molecule has 0 amide bonds. The number of carboxylic acids is 1. The van der Waals surface area contributed by atoms with Gasteiger partial charge >= 0.3 is 5.97 Å². The molecule has 218 valence electrons. The standard InChI is InChI=1S/C32H42N6O3/c1-20(2)23-14-12-22(13-15-23)18-38-27-28(33-21(3)24-10-7-11-24)34-30(31(39)40)35-29(27)36-32(38)37-16-17-41-19-26(37)25-8-5-4-6-9-25/h4-6,8-9,21-24,26H,1,7,10-19H2,2-3H3,(H,39,40)(H,33,34,35)/t21-,22?,23?,26+/m1/s1. The van der Waals surface area contributed by atoms with Crippen molar-refractivity contribution in [2.24, 2.45) is 17.8 Å². The van der Waals surface area contributed by atoms with Gasteiger partial charge in [-0.15, -0.1) is 0 Å². The first-order chi connectivity index (χ1) is 19.9. The van der Waals surface area contributed by atoms with E-state index in [2.05, 4.69) is 69.4 Å². The third kappa shape index (κ3) is 5.69. The maximum absolute atomic E-state index is 12.1. The number of nitrogens with zero attached hydrogens (tertiary/aromatic N) is 5. The van der Waals surface area contributed by atoms with Gasteiger partial charge in [0.25, 0.3) is 0 Å². The van der Waals surface area contributed by atoms with E-state index < -0.39 is 5.97 Å². The molecule has 3 aromatic rings.